The Morgan fingerprint density at radius 3 is 2.29 bits per heavy atom. The topological polar surface area (TPSA) is 9.23 Å². The summed E-state index contributed by atoms with van der Waals surface area (Å²) in [6.45, 7) is 7.43. The van der Waals surface area contributed by atoms with E-state index in [9.17, 15) is 0 Å². The molecule has 1 aromatic rings. The van der Waals surface area contributed by atoms with E-state index in [2.05, 4.69) is 54.9 Å². The fraction of sp³-hybridized carbons (Fsp3) is 0.600. The van der Waals surface area contributed by atoms with E-state index in [1.54, 1.807) is 0 Å². The zero-order chi connectivity index (χ0) is 12.7. The normalized spacial score (nSPS) is 11.5. The minimum atomic E-state index is 0.265. The first-order chi connectivity index (χ1) is 8.21. The molecule has 1 nitrogen and oxygen atoms in total. The third kappa shape index (κ3) is 3.74. The molecule has 0 N–H and O–H groups in total. The van der Waals surface area contributed by atoms with Gasteiger partial charge in [-0.2, -0.15) is 0 Å². The molecule has 1 aromatic carbocycles. The van der Waals surface area contributed by atoms with Crippen LogP contribution in [-0.4, -0.2) is 11.9 Å². The van der Waals surface area contributed by atoms with Crippen molar-refractivity contribution in [1.82, 2.24) is 0 Å². The van der Waals surface area contributed by atoms with Crippen molar-refractivity contribution in [3.8, 4) is 5.75 Å². The van der Waals surface area contributed by atoms with Gasteiger partial charge in [0, 0.05) is 10.7 Å². The molecule has 0 fully saturated rings. The fourth-order valence-corrected chi connectivity index (χ4v) is 2.80. The van der Waals surface area contributed by atoms with E-state index in [-0.39, 0.29) is 5.41 Å². The van der Waals surface area contributed by atoms with Crippen LogP contribution in [0.25, 0.3) is 0 Å². The fourth-order valence-electron chi connectivity index (χ4n) is 1.85. The van der Waals surface area contributed by atoms with Gasteiger partial charge in [0.1, 0.15) is 5.75 Å². The van der Waals surface area contributed by atoms with Gasteiger partial charge in [-0.15, -0.1) is 0 Å². The summed E-state index contributed by atoms with van der Waals surface area (Å²) >= 11 is 3.62. The van der Waals surface area contributed by atoms with Crippen molar-refractivity contribution in [3.05, 3.63) is 29.8 Å². The lowest BCUT2D eigenvalue weighted by atomic mass is 9.86. The number of benzene rings is 1. The maximum Gasteiger partial charge on any atom is 0.122 e. The van der Waals surface area contributed by atoms with E-state index in [0.29, 0.717) is 0 Å². The van der Waals surface area contributed by atoms with E-state index >= 15 is 0 Å². The van der Waals surface area contributed by atoms with E-state index in [4.69, 9.17) is 4.74 Å². The number of alkyl halides is 1. The van der Waals surface area contributed by atoms with Crippen LogP contribution in [0.5, 0.6) is 5.75 Å². The standard InChI is InChI=1S/C15H23BrO/c1-4-13-9-7-8-10-14(13)17-12-15(5-2,6-3)11-16/h7-10H,4-6,11-12H2,1-3H3. The highest BCUT2D eigenvalue weighted by atomic mass is 79.9. The Bertz CT molecular complexity index is 323. The number of halogens is 1. The monoisotopic (exact) mass is 298 g/mol. The molecule has 0 amide bonds. The molecule has 96 valence electrons. The van der Waals surface area contributed by atoms with Gasteiger partial charge in [-0.1, -0.05) is 54.9 Å². The predicted molar refractivity (Wildman–Crippen MR) is 78.1 cm³/mol. The average molecular weight is 299 g/mol. The summed E-state index contributed by atoms with van der Waals surface area (Å²) in [4.78, 5) is 0. The number of hydrogen-bond acceptors (Lipinski definition) is 1. The van der Waals surface area contributed by atoms with Crippen molar-refractivity contribution in [3.63, 3.8) is 0 Å². The quantitative estimate of drug-likeness (QED) is 0.655. The molecule has 0 radical (unpaired) electrons. The molecule has 0 saturated heterocycles. The van der Waals surface area contributed by atoms with Crippen LogP contribution in [0.2, 0.25) is 0 Å². The molecule has 2 heteroatoms. The Hall–Kier alpha value is -0.500. The third-order valence-electron chi connectivity index (χ3n) is 3.67. The van der Waals surface area contributed by atoms with Gasteiger partial charge in [0.2, 0.25) is 0 Å². The average Bonchev–Trinajstić information content (AvgIpc) is 2.41. The second-order valence-corrected chi connectivity index (χ2v) is 5.15. The largest absolute Gasteiger partial charge is 0.493 e. The van der Waals surface area contributed by atoms with Crippen LogP contribution in [0.1, 0.15) is 39.2 Å². The van der Waals surface area contributed by atoms with Gasteiger partial charge in [-0.3, -0.25) is 0 Å². The lowest BCUT2D eigenvalue weighted by Gasteiger charge is -2.29. The highest BCUT2D eigenvalue weighted by molar-refractivity contribution is 9.09. The minimum absolute atomic E-state index is 0.265. The summed E-state index contributed by atoms with van der Waals surface area (Å²) in [7, 11) is 0. The van der Waals surface area contributed by atoms with Crippen LogP contribution in [-0.2, 0) is 6.42 Å². The molecule has 0 aliphatic heterocycles. The van der Waals surface area contributed by atoms with Crippen molar-refractivity contribution < 1.29 is 4.74 Å². The first-order valence-electron chi connectivity index (χ1n) is 6.48. The third-order valence-corrected chi connectivity index (χ3v) is 4.86. The van der Waals surface area contributed by atoms with Gasteiger partial charge < -0.3 is 4.74 Å². The van der Waals surface area contributed by atoms with Gasteiger partial charge >= 0.3 is 0 Å². The molecule has 0 unspecified atom stereocenters. The number of ether oxygens (including phenoxy) is 1. The lowest BCUT2D eigenvalue weighted by Crippen LogP contribution is -2.29. The van der Waals surface area contributed by atoms with E-state index in [0.717, 1.165) is 36.9 Å². The van der Waals surface area contributed by atoms with Crippen LogP contribution in [0, 0.1) is 5.41 Å². The van der Waals surface area contributed by atoms with Crippen LogP contribution in [0.4, 0.5) is 0 Å². The molecule has 0 aliphatic carbocycles. The van der Waals surface area contributed by atoms with Gasteiger partial charge in [0.15, 0.2) is 0 Å². The van der Waals surface area contributed by atoms with Gasteiger partial charge in [0.25, 0.3) is 0 Å². The zero-order valence-corrected chi connectivity index (χ0v) is 12.7. The van der Waals surface area contributed by atoms with Crippen molar-refractivity contribution in [2.45, 2.75) is 40.0 Å². The summed E-state index contributed by atoms with van der Waals surface area (Å²) in [5, 5.41) is 1.00. The van der Waals surface area contributed by atoms with E-state index in [1.807, 2.05) is 6.07 Å². The molecule has 1 rings (SSSR count). The zero-order valence-electron chi connectivity index (χ0n) is 11.1. The Kier molecular flexibility index (Phi) is 6.04. The number of hydrogen-bond donors (Lipinski definition) is 0. The maximum absolute atomic E-state index is 6.04. The van der Waals surface area contributed by atoms with Crippen molar-refractivity contribution in [1.29, 1.82) is 0 Å². The predicted octanol–water partition coefficient (Wildman–Crippen LogP) is 4.83. The Morgan fingerprint density at radius 1 is 1.12 bits per heavy atom. The van der Waals surface area contributed by atoms with Gasteiger partial charge in [0.05, 0.1) is 6.61 Å². The Balaban J connectivity index is 2.71. The highest BCUT2D eigenvalue weighted by Crippen LogP contribution is 2.30. The van der Waals surface area contributed by atoms with Crippen molar-refractivity contribution >= 4 is 15.9 Å². The van der Waals surface area contributed by atoms with Crippen LogP contribution in [0.15, 0.2) is 24.3 Å². The SMILES string of the molecule is CCc1ccccc1OCC(CC)(CC)CBr. The molecular weight excluding hydrogens is 276 g/mol. The number of rotatable bonds is 7. The van der Waals surface area contributed by atoms with E-state index in [1.165, 1.54) is 5.56 Å². The smallest absolute Gasteiger partial charge is 0.122 e. The molecule has 0 aromatic heterocycles. The summed E-state index contributed by atoms with van der Waals surface area (Å²) in [5.74, 6) is 1.04. The van der Waals surface area contributed by atoms with Gasteiger partial charge in [-0.05, 0) is 30.9 Å². The second-order valence-electron chi connectivity index (χ2n) is 4.59. The molecule has 0 spiro atoms. The Morgan fingerprint density at radius 2 is 1.76 bits per heavy atom. The van der Waals surface area contributed by atoms with Crippen molar-refractivity contribution in [2.75, 3.05) is 11.9 Å². The van der Waals surface area contributed by atoms with Crippen LogP contribution in [0.3, 0.4) is 0 Å². The maximum atomic E-state index is 6.04. The first-order valence-corrected chi connectivity index (χ1v) is 7.60. The number of aryl methyl sites for hydroxylation is 1. The Labute approximate surface area is 114 Å². The molecule has 0 atom stereocenters. The van der Waals surface area contributed by atoms with Crippen molar-refractivity contribution in [2.24, 2.45) is 5.41 Å². The van der Waals surface area contributed by atoms with E-state index < -0.39 is 0 Å². The summed E-state index contributed by atoms with van der Waals surface area (Å²) < 4.78 is 6.04. The minimum Gasteiger partial charge on any atom is -0.493 e. The number of para-hydroxylation sites is 1. The molecular formula is C15H23BrO. The second kappa shape index (κ2) is 7.05. The first kappa shape index (κ1) is 14.6. The summed E-state index contributed by atoms with van der Waals surface area (Å²) in [5.41, 5.74) is 1.56. The molecule has 0 bridgehead atoms. The van der Waals surface area contributed by atoms with Crippen LogP contribution < -0.4 is 4.74 Å². The molecule has 0 heterocycles. The summed E-state index contributed by atoms with van der Waals surface area (Å²) in [6.07, 6.45) is 3.31. The molecule has 0 aliphatic rings. The summed E-state index contributed by atoms with van der Waals surface area (Å²) in [6, 6.07) is 8.33. The lowest BCUT2D eigenvalue weighted by molar-refractivity contribution is 0.157. The molecule has 17 heavy (non-hydrogen) atoms. The van der Waals surface area contributed by atoms with Gasteiger partial charge in [-0.25, -0.2) is 0 Å². The van der Waals surface area contributed by atoms with Crippen LogP contribution >= 0.6 is 15.9 Å². The highest BCUT2D eigenvalue weighted by Gasteiger charge is 2.26. The molecule has 0 saturated carbocycles.